The molecule has 26 heavy (non-hydrogen) atoms. The molecule has 3 atom stereocenters. The summed E-state index contributed by atoms with van der Waals surface area (Å²) in [5, 5.41) is 13.6. The average Bonchev–Trinajstić information content (AvgIpc) is 2.60. The average molecular weight is 367 g/mol. The lowest BCUT2D eigenvalue weighted by atomic mass is 9.85. The lowest BCUT2D eigenvalue weighted by molar-refractivity contribution is -0.139. The van der Waals surface area contributed by atoms with Crippen molar-refractivity contribution < 1.29 is 14.7 Å². The first-order valence-electron chi connectivity index (χ1n) is 9.10. The highest BCUT2D eigenvalue weighted by molar-refractivity contribution is 5.93. The summed E-state index contributed by atoms with van der Waals surface area (Å²) in [7, 11) is 0. The first-order valence-corrected chi connectivity index (χ1v) is 9.10. The van der Waals surface area contributed by atoms with E-state index in [-0.39, 0.29) is 30.4 Å². The molecule has 0 aromatic carbocycles. The lowest BCUT2D eigenvalue weighted by Crippen LogP contribution is -2.59. The van der Waals surface area contributed by atoms with Crippen molar-refractivity contribution in [1.82, 2.24) is 5.32 Å². The van der Waals surface area contributed by atoms with Gasteiger partial charge in [0.05, 0.1) is 11.6 Å². The molecule has 0 bridgehead atoms. The lowest BCUT2D eigenvalue weighted by Gasteiger charge is -2.35. The van der Waals surface area contributed by atoms with E-state index in [1.807, 2.05) is 6.92 Å². The summed E-state index contributed by atoms with van der Waals surface area (Å²) in [4.78, 5) is 29.3. The second-order valence-corrected chi connectivity index (χ2v) is 6.95. The fraction of sp³-hybridized carbons (Fsp3) is 0.737. The smallest absolute Gasteiger partial charge is 0.185 e. The molecule has 0 aliphatic rings. The zero-order chi connectivity index (χ0) is 20.4. The van der Waals surface area contributed by atoms with Gasteiger partial charge in [-0.1, -0.05) is 13.8 Å². The Hall–Kier alpha value is -1.91. The Bertz CT molecular complexity index is 547. The molecule has 0 fully saturated rings. The van der Waals surface area contributed by atoms with Gasteiger partial charge >= 0.3 is 0 Å². The predicted octanol–water partition coefficient (Wildman–Crippen LogP) is 0.880. The van der Waals surface area contributed by atoms with Gasteiger partial charge in [0.15, 0.2) is 17.5 Å². The van der Waals surface area contributed by atoms with E-state index in [4.69, 9.17) is 17.9 Å². The molecule has 0 radical (unpaired) electrons. The van der Waals surface area contributed by atoms with E-state index in [0.29, 0.717) is 32.2 Å². The number of carbonyl (C=O) groups excluding carboxylic acids is 2. The van der Waals surface area contributed by atoms with Crippen LogP contribution in [0.4, 0.5) is 0 Å². The van der Waals surface area contributed by atoms with Crippen LogP contribution in [-0.2, 0) is 9.59 Å². The number of hydrogen-bond acceptors (Lipinski definition) is 5. The van der Waals surface area contributed by atoms with Crippen LogP contribution in [0.15, 0.2) is 4.99 Å². The highest BCUT2D eigenvalue weighted by atomic mass is 16.3. The number of Topliss-reactive ketones (excluding diaryl/α,β-unsaturated/α-hetero) is 2. The molecule has 0 amide bonds. The van der Waals surface area contributed by atoms with Crippen molar-refractivity contribution in [2.45, 2.75) is 83.4 Å². The third kappa shape index (κ3) is 7.54. The van der Waals surface area contributed by atoms with Crippen molar-refractivity contribution in [3.05, 3.63) is 0 Å². The number of nitrogens with zero attached hydrogens (tertiary/aromatic N) is 1. The quantitative estimate of drug-likeness (QED) is 0.166. The number of aliphatic hydroxyl groups is 1. The fourth-order valence-electron chi connectivity index (χ4n) is 2.55. The number of nitrogens with two attached hydrogens (primary N) is 2. The predicted molar refractivity (Wildman–Crippen MR) is 105 cm³/mol. The zero-order valence-electron chi connectivity index (χ0n) is 16.5. The van der Waals surface area contributed by atoms with Gasteiger partial charge in [-0.2, -0.15) is 0 Å². The molecule has 7 heteroatoms. The Morgan fingerprint density at radius 1 is 1.27 bits per heavy atom. The van der Waals surface area contributed by atoms with Gasteiger partial charge in [-0.15, -0.1) is 12.3 Å². The van der Waals surface area contributed by atoms with Gasteiger partial charge in [0.25, 0.3) is 0 Å². The molecule has 2 unspecified atom stereocenters. The topological polar surface area (TPSA) is 131 Å². The summed E-state index contributed by atoms with van der Waals surface area (Å²) in [6.07, 6.45) is 7.58. The number of nitrogens with one attached hydrogen (secondary N) is 1. The van der Waals surface area contributed by atoms with Crippen LogP contribution in [0.5, 0.6) is 0 Å². The number of carbonyl (C=O) groups is 2. The van der Waals surface area contributed by atoms with Gasteiger partial charge < -0.3 is 16.6 Å². The maximum Gasteiger partial charge on any atom is 0.185 e. The van der Waals surface area contributed by atoms with Gasteiger partial charge in [0.2, 0.25) is 0 Å². The minimum Gasteiger partial charge on any atom is -0.382 e. The van der Waals surface area contributed by atoms with Crippen molar-refractivity contribution in [2.24, 2.45) is 16.5 Å². The van der Waals surface area contributed by atoms with Crippen LogP contribution in [0.25, 0.3) is 0 Å². The van der Waals surface area contributed by atoms with Crippen molar-refractivity contribution in [1.29, 1.82) is 0 Å². The van der Waals surface area contributed by atoms with Gasteiger partial charge in [-0.05, 0) is 39.5 Å². The number of terminal acetylenes is 1. The third-order valence-electron chi connectivity index (χ3n) is 4.79. The Morgan fingerprint density at radius 2 is 1.88 bits per heavy atom. The normalized spacial score (nSPS) is 16.6. The van der Waals surface area contributed by atoms with Gasteiger partial charge in [0, 0.05) is 19.4 Å². The van der Waals surface area contributed by atoms with E-state index >= 15 is 0 Å². The summed E-state index contributed by atoms with van der Waals surface area (Å²) >= 11 is 0. The van der Waals surface area contributed by atoms with Crippen LogP contribution in [-0.4, -0.2) is 46.4 Å². The van der Waals surface area contributed by atoms with E-state index in [1.165, 1.54) is 6.92 Å². The Kier molecular flexibility index (Phi) is 10.1. The third-order valence-corrected chi connectivity index (χ3v) is 4.79. The van der Waals surface area contributed by atoms with Gasteiger partial charge in [-0.25, -0.2) is 0 Å². The zero-order valence-corrected chi connectivity index (χ0v) is 16.5. The van der Waals surface area contributed by atoms with Crippen LogP contribution in [0.2, 0.25) is 0 Å². The molecule has 7 nitrogen and oxygen atoms in total. The standard InChI is InChI=1S/C19H34N4O3/c1-6-9-12-15(24)18(4,7-2)23-14(11-10-13-22-17(20)21)16(25)19(5,26)8-3/h1,14,23,26H,7-13H2,2-5H3,(H4,20,21,22)/t14-,18?,19?/m1/s1. The van der Waals surface area contributed by atoms with Gasteiger partial charge in [-0.3, -0.25) is 19.9 Å². The monoisotopic (exact) mass is 366 g/mol. The van der Waals surface area contributed by atoms with Crippen molar-refractivity contribution >= 4 is 17.5 Å². The molecule has 0 saturated carbocycles. The summed E-state index contributed by atoms with van der Waals surface area (Å²) in [6.45, 7) is 7.24. The Balaban J connectivity index is 5.35. The summed E-state index contributed by atoms with van der Waals surface area (Å²) in [5.41, 5.74) is 8.27. The first-order chi connectivity index (χ1) is 12.0. The van der Waals surface area contributed by atoms with E-state index in [0.717, 1.165) is 0 Å². The first kappa shape index (κ1) is 24.1. The summed E-state index contributed by atoms with van der Waals surface area (Å²) in [6, 6.07) is -0.682. The molecule has 0 aliphatic carbocycles. The largest absolute Gasteiger partial charge is 0.382 e. The minimum atomic E-state index is -1.47. The molecule has 0 spiro atoms. The molecular weight excluding hydrogens is 332 g/mol. The minimum absolute atomic E-state index is 0.00995. The second kappa shape index (κ2) is 10.9. The molecule has 0 saturated heterocycles. The van der Waals surface area contributed by atoms with E-state index in [1.54, 1.807) is 13.8 Å². The number of aliphatic imine (C=N–C) groups is 1. The summed E-state index contributed by atoms with van der Waals surface area (Å²) in [5.74, 6) is 2.07. The highest BCUT2D eigenvalue weighted by Gasteiger charge is 2.39. The molecule has 0 aliphatic heterocycles. The van der Waals surface area contributed by atoms with Crippen molar-refractivity contribution in [3.63, 3.8) is 0 Å². The number of guanidine groups is 1. The van der Waals surface area contributed by atoms with E-state index in [2.05, 4.69) is 16.2 Å². The van der Waals surface area contributed by atoms with Crippen LogP contribution in [0, 0.1) is 12.3 Å². The summed E-state index contributed by atoms with van der Waals surface area (Å²) < 4.78 is 0. The van der Waals surface area contributed by atoms with E-state index in [9.17, 15) is 14.7 Å². The Labute approximate surface area is 157 Å². The van der Waals surface area contributed by atoms with E-state index < -0.39 is 17.2 Å². The maximum absolute atomic E-state index is 12.8. The number of hydrogen-bond donors (Lipinski definition) is 4. The number of rotatable bonds is 13. The van der Waals surface area contributed by atoms with Crippen molar-refractivity contribution in [2.75, 3.05) is 6.54 Å². The van der Waals surface area contributed by atoms with Crippen LogP contribution in [0.3, 0.4) is 0 Å². The molecule has 0 heterocycles. The molecule has 0 aromatic heterocycles. The SMILES string of the molecule is C#CCCC(=O)C(C)(CC)N[C@H](CCCN=C(N)N)C(=O)C(C)(O)CC. The molecule has 0 aromatic rings. The van der Waals surface area contributed by atoms with Crippen LogP contribution < -0.4 is 16.8 Å². The molecule has 148 valence electrons. The maximum atomic E-state index is 12.8. The molecular formula is C19H34N4O3. The van der Waals surface area contributed by atoms with Crippen molar-refractivity contribution in [3.8, 4) is 12.3 Å². The number of ketones is 2. The second-order valence-electron chi connectivity index (χ2n) is 6.95. The van der Waals surface area contributed by atoms with Gasteiger partial charge in [0.1, 0.15) is 5.60 Å². The molecule has 0 rings (SSSR count). The molecule has 6 N–H and O–H groups in total. The van der Waals surface area contributed by atoms with Crippen LogP contribution >= 0.6 is 0 Å². The van der Waals surface area contributed by atoms with Crippen LogP contribution in [0.1, 0.15) is 66.2 Å². The Morgan fingerprint density at radius 3 is 2.35 bits per heavy atom. The highest BCUT2D eigenvalue weighted by Crippen LogP contribution is 2.21. The fourth-order valence-corrected chi connectivity index (χ4v) is 2.55.